The van der Waals surface area contributed by atoms with E-state index in [1.807, 2.05) is 0 Å². The lowest BCUT2D eigenvalue weighted by Gasteiger charge is -2.04. The van der Waals surface area contributed by atoms with E-state index in [0.29, 0.717) is 15.6 Å². The molecule has 0 radical (unpaired) electrons. The molecule has 0 N–H and O–H groups in total. The lowest BCUT2D eigenvalue weighted by Crippen LogP contribution is -2.05. The average Bonchev–Trinajstić information content (AvgIpc) is 2.98. The van der Waals surface area contributed by atoms with Crippen LogP contribution in [-0.2, 0) is 11.3 Å². The maximum atomic E-state index is 13.6. The first-order chi connectivity index (χ1) is 11.1. The average molecular weight is 331 g/mol. The van der Waals surface area contributed by atoms with Gasteiger partial charge in [0.2, 0.25) is 0 Å². The zero-order valence-corrected chi connectivity index (χ0v) is 12.5. The molecule has 3 rings (SSSR count). The second kappa shape index (κ2) is 6.13. The van der Waals surface area contributed by atoms with Gasteiger partial charge in [-0.1, -0.05) is 18.2 Å². The summed E-state index contributed by atoms with van der Waals surface area (Å²) in [5, 5.41) is 11.3. The van der Waals surface area contributed by atoms with Crippen molar-refractivity contribution >= 4 is 33.1 Å². The van der Waals surface area contributed by atoms with Crippen LogP contribution in [-0.4, -0.2) is 10.9 Å². The summed E-state index contributed by atoms with van der Waals surface area (Å²) in [5.41, 5.74) is 0.195. The second-order valence-electron chi connectivity index (χ2n) is 4.72. The minimum atomic E-state index is -0.635. The number of hydrogen-bond donors (Lipinski definition) is 0. The van der Waals surface area contributed by atoms with Crippen molar-refractivity contribution in [3.8, 4) is 0 Å². The van der Waals surface area contributed by atoms with Crippen LogP contribution in [0.2, 0.25) is 0 Å². The van der Waals surface area contributed by atoms with E-state index in [-0.39, 0.29) is 17.2 Å². The van der Waals surface area contributed by atoms with Crippen molar-refractivity contribution in [2.24, 2.45) is 0 Å². The fourth-order valence-electron chi connectivity index (χ4n) is 2.15. The van der Waals surface area contributed by atoms with Gasteiger partial charge >= 0.3 is 5.97 Å². The Morgan fingerprint density at radius 1 is 1.22 bits per heavy atom. The highest BCUT2D eigenvalue weighted by atomic mass is 32.1. The largest absolute Gasteiger partial charge is 0.456 e. The molecule has 1 aromatic heterocycles. The van der Waals surface area contributed by atoms with E-state index >= 15 is 0 Å². The summed E-state index contributed by atoms with van der Waals surface area (Å²) >= 11 is 1.12. The summed E-state index contributed by atoms with van der Waals surface area (Å²) in [7, 11) is 0. The lowest BCUT2D eigenvalue weighted by atomic mass is 10.2. The zero-order chi connectivity index (χ0) is 16.4. The molecule has 116 valence electrons. The van der Waals surface area contributed by atoms with Gasteiger partial charge < -0.3 is 4.74 Å². The lowest BCUT2D eigenvalue weighted by molar-refractivity contribution is -0.385. The van der Waals surface area contributed by atoms with E-state index in [1.165, 1.54) is 30.3 Å². The van der Waals surface area contributed by atoms with Crippen molar-refractivity contribution in [3.63, 3.8) is 0 Å². The predicted octanol–water partition coefficient (Wildman–Crippen LogP) is 4.31. The van der Waals surface area contributed by atoms with Gasteiger partial charge in [0.1, 0.15) is 17.3 Å². The third kappa shape index (κ3) is 3.04. The van der Waals surface area contributed by atoms with E-state index in [1.54, 1.807) is 18.2 Å². The minimum Gasteiger partial charge on any atom is -0.456 e. The van der Waals surface area contributed by atoms with Crippen LogP contribution >= 0.6 is 11.3 Å². The number of carbonyl (C=O) groups excluding carboxylic acids is 1. The van der Waals surface area contributed by atoms with Crippen molar-refractivity contribution in [1.29, 1.82) is 0 Å². The summed E-state index contributed by atoms with van der Waals surface area (Å²) in [5.74, 6) is -1.04. The summed E-state index contributed by atoms with van der Waals surface area (Å²) in [6, 6.07) is 12.1. The van der Waals surface area contributed by atoms with E-state index < -0.39 is 16.7 Å². The number of rotatable bonds is 4. The van der Waals surface area contributed by atoms with Crippen LogP contribution in [0.15, 0.2) is 48.5 Å². The van der Waals surface area contributed by atoms with Gasteiger partial charge in [0, 0.05) is 16.2 Å². The Morgan fingerprint density at radius 3 is 2.74 bits per heavy atom. The quantitative estimate of drug-likeness (QED) is 0.406. The highest BCUT2D eigenvalue weighted by Crippen LogP contribution is 2.28. The number of benzene rings is 2. The second-order valence-corrected chi connectivity index (χ2v) is 5.81. The van der Waals surface area contributed by atoms with Gasteiger partial charge in [0.05, 0.1) is 10.5 Å². The normalized spacial score (nSPS) is 10.7. The molecule has 0 atom stereocenters. The standard InChI is InChI=1S/C16H10FNO4S/c17-12-5-3-7-14-11(12)8-15(23-14)16(19)22-9-10-4-1-2-6-13(10)18(20)21/h1-8H,9H2. The molecule has 0 amide bonds. The van der Waals surface area contributed by atoms with Crippen LogP contribution in [0, 0.1) is 15.9 Å². The van der Waals surface area contributed by atoms with E-state index in [9.17, 15) is 19.3 Å². The molecule has 0 unspecified atom stereocenters. The predicted molar refractivity (Wildman–Crippen MR) is 84.0 cm³/mol. The molecule has 0 aliphatic rings. The number of para-hydroxylation sites is 1. The Morgan fingerprint density at radius 2 is 2.00 bits per heavy atom. The van der Waals surface area contributed by atoms with Crippen LogP contribution < -0.4 is 0 Å². The smallest absolute Gasteiger partial charge is 0.348 e. The molecule has 0 saturated carbocycles. The van der Waals surface area contributed by atoms with Gasteiger partial charge in [-0.2, -0.15) is 0 Å². The Kier molecular flexibility index (Phi) is 4.03. The molecule has 23 heavy (non-hydrogen) atoms. The molecule has 0 spiro atoms. The molecular weight excluding hydrogens is 321 g/mol. The van der Waals surface area contributed by atoms with Gasteiger partial charge in [-0.3, -0.25) is 10.1 Å². The molecule has 0 fully saturated rings. The first kappa shape index (κ1) is 15.1. The fraction of sp³-hybridized carbons (Fsp3) is 0.0625. The molecular formula is C16H10FNO4S. The van der Waals surface area contributed by atoms with E-state index in [2.05, 4.69) is 0 Å². The minimum absolute atomic E-state index is 0.109. The van der Waals surface area contributed by atoms with Gasteiger partial charge in [-0.15, -0.1) is 11.3 Å². The Bertz CT molecular complexity index is 906. The highest BCUT2D eigenvalue weighted by Gasteiger charge is 2.17. The molecule has 2 aromatic carbocycles. The number of hydrogen-bond acceptors (Lipinski definition) is 5. The Balaban J connectivity index is 1.79. The molecule has 0 bridgehead atoms. The van der Waals surface area contributed by atoms with E-state index in [0.717, 1.165) is 11.3 Å². The van der Waals surface area contributed by atoms with Crippen LogP contribution in [0.3, 0.4) is 0 Å². The number of ether oxygens (including phenoxy) is 1. The topological polar surface area (TPSA) is 69.4 Å². The summed E-state index contributed by atoms with van der Waals surface area (Å²) in [4.78, 5) is 22.7. The number of esters is 1. The molecule has 7 heteroatoms. The molecule has 0 aliphatic heterocycles. The van der Waals surface area contributed by atoms with Gasteiger partial charge in [0.15, 0.2) is 0 Å². The maximum Gasteiger partial charge on any atom is 0.348 e. The van der Waals surface area contributed by atoms with Crippen molar-refractivity contribution in [1.82, 2.24) is 0 Å². The number of nitrogens with zero attached hydrogens (tertiary/aromatic N) is 1. The number of thiophene rings is 1. The van der Waals surface area contributed by atoms with Crippen LogP contribution in [0.1, 0.15) is 15.2 Å². The number of fused-ring (bicyclic) bond motifs is 1. The van der Waals surface area contributed by atoms with Crippen molar-refractivity contribution in [2.45, 2.75) is 6.61 Å². The van der Waals surface area contributed by atoms with Crippen LogP contribution in [0.25, 0.3) is 10.1 Å². The zero-order valence-electron chi connectivity index (χ0n) is 11.7. The number of nitro benzene ring substituents is 1. The van der Waals surface area contributed by atoms with Gasteiger partial charge in [-0.05, 0) is 24.3 Å². The monoisotopic (exact) mass is 331 g/mol. The summed E-state index contributed by atoms with van der Waals surface area (Å²) in [6.07, 6.45) is 0. The van der Waals surface area contributed by atoms with Crippen LogP contribution in [0.4, 0.5) is 10.1 Å². The summed E-state index contributed by atoms with van der Waals surface area (Å²) in [6.45, 7) is -0.216. The highest BCUT2D eigenvalue weighted by molar-refractivity contribution is 7.20. The molecule has 1 heterocycles. The van der Waals surface area contributed by atoms with Crippen LogP contribution in [0.5, 0.6) is 0 Å². The maximum absolute atomic E-state index is 13.6. The van der Waals surface area contributed by atoms with Crippen molar-refractivity contribution < 1.29 is 18.8 Å². The van der Waals surface area contributed by atoms with Gasteiger partial charge in [-0.25, -0.2) is 9.18 Å². The molecule has 5 nitrogen and oxygen atoms in total. The summed E-state index contributed by atoms with van der Waals surface area (Å²) < 4.78 is 19.4. The Labute approximate surface area is 134 Å². The van der Waals surface area contributed by atoms with Crippen molar-refractivity contribution in [2.75, 3.05) is 0 Å². The number of halogens is 1. The molecule has 0 aliphatic carbocycles. The third-order valence-electron chi connectivity index (χ3n) is 3.26. The van der Waals surface area contributed by atoms with Gasteiger partial charge in [0.25, 0.3) is 5.69 Å². The first-order valence-corrected chi connectivity index (χ1v) is 7.45. The van der Waals surface area contributed by atoms with Crippen molar-refractivity contribution in [3.05, 3.63) is 74.9 Å². The third-order valence-corrected chi connectivity index (χ3v) is 4.34. The Hall–Kier alpha value is -2.80. The molecule has 3 aromatic rings. The molecule has 0 saturated heterocycles. The first-order valence-electron chi connectivity index (χ1n) is 6.64. The SMILES string of the molecule is O=C(OCc1ccccc1[N+](=O)[O-])c1cc2c(F)cccc2s1. The van der Waals surface area contributed by atoms with E-state index in [4.69, 9.17) is 4.74 Å². The number of carbonyl (C=O) groups is 1. The number of nitro groups is 1. The fourth-order valence-corrected chi connectivity index (χ4v) is 3.12.